The number of anilines is 1. The first kappa shape index (κ1) is 15.0. The Hall–Kier alpha value is -1.07. The van der Waals surface area contributed by atoms with Crippen LogP contribution in [0.25, 0.3) is 0 Å². The minimum atomic E-state index is -0.283. The average Bonchev–Trinajstić information content (AvgIpc) is 2.37. The molecule has 0 saturated carbocycles. The van der Waals surface area contributed by atoms with Crippen LogP contribution < -0.4 is 10.6 Å². The second kappa shape index (κ2) is 8.11. The van der Waals surface area contributed by atoms with Crippen LogP contribution in [0, 0.1) is 6.92 Å². The minimum Gasteiger partial charge on any atom is -0.324 e. The van der Waals surface area contributed by atoms with Crippen LogP contribution in [-0.2, 0) is 4.79 Å². The van der Waals surface area contributed by atoms with E-state index in [9.17, 15) is 8.68 Å². The largest absolute Gasteiger partial charge is 0.324 e. The zero-order chi connectivity index (χ0) is 13.4. The first-order chi connectivity index (χ1) is 8.65. The van der Waals surface area contributed by atoms with Gasteiger partial charge in [0.2, 0.25) is 5.91 Å². The predicted octanol–water partition coefficient (Wildman–Crippen LogP) is 2.92. The van der Waals surface area contributed by atoms with E-state index in [1.807, 2.05) is 31.2 Å². The molecule has 1 aromatic rings. The Morgan fingerprint density at radius 2 is 2.17 bits per heavy atom. The van der Waals surface area contributed by atoms with E-state index in [2.05, 4.69) is 10.6 Å². The molecule has 2 N–H and O–H groups in total. The molecule has 0 aliphatic heterocycles. The van der Waals surface area contributed by atoms with Crippen molar-refractivity contribution in [1.29, 1.82) is 0 Å². The van der Waals surface area contributed by atoms with E-state index >= 15 is 0 Å². The average molecular weight is 270 g/mol. The number of carbonyl (C=O) groups is 1. The molecule has 0 aliphatic rings. The molecule has 100 valence electrons. The number of para-hydroxylation sites is 1. The summed E-state index contributed by atoms with van der Waals surface area (Å²) in [5, 5.41) is 5.94. The summed E-state index contributed by atoms with van der Waals surface area (Å²) in [4.78, 5) is 11.9. The van der Waals surface area contributed by atoms with Crippen LogP contribution in [-0.4, -0.2) is 24.2 Å². The number of benzene rings is 1. The molecular weight excluding hydrogens is 251 g/mol. The molecular formula is C13H19FN2OS. The maximum absolute atomic E-state index is 11.9. The molecule has 0 aliphatic carbocycles. The van der Waals surface area contributed by atoms with Crippen LogP contribution >= 0.6 is 12.1 Å². The Bertz CT molecular complexity index is 387. The number of carbonyl (C=O) groups excluding carboxylic acids is 1. The topological polar surface area (TPSA) is 41.1 Å². The molecule has 1 rings (SSSR count). The molecule has 1 atom stereocenters. The van der Waals surface area contributed by atoms with Gasteiger partial charge in [-0.2, -0.15) is 3.89 Å². The van der Waals surface area contributed by atoms with Gasteiger partial charge in [0.25, 0.3) is 0 Å². The van der Waals surface area contributed by atoms with Gasteiger partial charge in [0.15, 0.2) is 0 Å². The molecule has 1 unspecified atom stereocenters. The standard InChI is InChI=1S/C13H19FN2OS/c1-10-6-3-4-7-12(10)16-13(17)11(2)15-8-5-9-18-14/h3-4,6-7,11,15H,5,8-9H2,1-2H3,(H,16,17). The molecule has 1 aromatic carbocycles. The quantitative estimate of drug-likeness (QED) is 0.749. The molecule has 0 bridgehead atoms. The van der Waals surface area contributed by atoms with Crippen LogP contribution in [0.4, 0.5) is 9.57 Å². The monoisotopic (exact) mass is 270 g/mol. The Morgan fingerprint density at radius 3 is 2.83 bits per heavy atom. The molecule has 0 heterocycles. The molecule has 18 heavy (non-hydrogen) atoms. The summed E-state index contributed by atoms with van der Waals surface area (Å²) >= 11 is 0.326. The molecule has 5 heteroatoms. The predicted molar refractivity (Wildman–Crippen MR) is 75.5 cm³/mol. The lowest BCUT2D eigenvalue weighted by molar-refractivity contribution is -0.117. The van der Waals surface area contributed by atoms with E-state index < -0.39 is 0 Å². The van der Waals surface area contributed by atoms with E-state index in [-0.39, 0.29) is 11.9 Å². The van der Waals surface area contributed by atoms with Gasteiger partial charge < -0.3 is 10.6 Å². The van der Waals surface area contributed by atoms with Crippen molar-refractivity contribution in [2.24, 2.45) is 0 Å². The Labute approximate surface area is 112 Å². The summed E-state index contributed by atoms with van der Waals surface area (Å²) in [6, 6.07) is 7.36. The van der Waals surface area contributed by atoms with Gasteiger partial charge in [0, 0.05) is 23.6 Å². The number of rotatable bonds is 7. The SMILES string of the molecule is Cc1ccccc1NC(=O)C(C)NCCCSF. The molecule has 0 saturated heterocycles. The first-order valence-electron chi connectivity index (χ1n) is 5.98. The van der Waals surface area contributed by atoms with E-state index in [4.69, 9.17) is 0 Å². The normalized spacial score (nSPS) is 12.2. The molecule has 3 nitrogen and oxygen atoms in total. The van der Waals surface area contributed by atoms with Crippen molar-refractivity contribution in [2.45, 2.75) is 26.3 Å². The maximum Gasteiger partial charge on any atom is 0.241 e. The van der Waals surface area contributed by atoms with Crippen LogP contribution in [0.3, 0.4) is 0 Å². The van der Waals surface area contributed by atoms with Crippen LogP contribution in [0.2, 0.25) is 0 Å². The highest BCUT2D eigenvalue weighted by molar-refractivity contribution is 7.94. The van der Waals surface area contributed by atoms with Crippen molar-refractivity contribution in [3.05, 3.63) is 29.8 Å². The Balaban J connectivity index is 2.38. The summed E-state index contributed by atoms with van der Waals surface area (Å²) in [7, 11) is 0. The second-order valence-electron chi connectivity index (χ2n) is 4.15. The van der Waals surface area contributed by atoms with Crippen molar-refractivity contribution >= 4 is 23.7 Å². The molecule has 0 spiro atoms. The number of nitrogens with one attached hydrogen (secondary N) is 2. The summed E-state index contributed by atoms with van der Waals surface area (Å²) in [5.41, 5.74) is 1.86. The molecule has 0 radical (unpaired) electrons. The molecule has 1 amide bonds. The van der Waals surface area contributed by atoms with Crippen molar-refractivity contribution in [1.82, 2.24) is 5.32 Å². The smallest absolute Gasteiger partial charge is 0.241 e. The summed E-state index contributed by atoms with van der Waals surface area (Å²) in [6.45, 7) is 4.39. The number of hydrogen-bond acceptors (Lipinski definition) is 3. The first-order valence-corrected chi connectivity index (χ1v) is 6.87. The highest BCUT2D eigenvalue weighted by atomic mass is 32.2. The summed E-state index contributed by atoms with van der Waals surface area (Å²) in [6.07, 6.45) is 0.711. The highest BCUT2D eigenvalue weighted by Crippen LogP contribution is 2.13. The van der Waals surface area contributed by atoms with Gasteiger partial charge in [-0.1, -0.05) is 18.2 Å². The lowest BCUT2D eigenvalue weighted by atomic mass is 10.2. The lowest BCUT2D eigenvalue weighted by Gasteiger charge is -2.14. The van der Waals surface area contributed by atoms with Crippen molar-refractivity contribution < 1.29 is 8.68 Å². The van der Waals surface area contributed by atoms with Gasteiger partial charge in [-0.05, 0) is 38.4 Å². The molecule has 0 aromatic heterocycles. The third kappa shape index (κ3) is 5.06. The highest BCUT2D eigenvalue weighted by Gasteiger charge is 2.12. The third-order valence-corrected chi connectivity index (χ3v) is 3.09. The van der Waals surface area contributed by atoms with Gasteiger partial charge in [0.05, 0.1) is 6.04 Å². The van der Waals surface area contributed by atoms with Gasteiger partial charge in [-0.25, -0.2) is 0 Å². The van der Waals surface area contributed by atoms with Gasteiger partial charge >= 0.3 is 0 Å². The Kier molecular flexibility index (Phi) is 6.75. The van der Waals surface area contributed by atoms with E-state index in [1.165, 1.54) is 0 Å². The number of aryl methyl sites for hydroxylation is 1. The number of hydrogen-bond donors (Lipinski definition) is 2. The van der Waals surface area contributed by atoms with Gasteiger partial charge in [-0.3, -0.25) is 4.79 Å². The summed E-state index contributed by atoms with van der Waals surface area (Å²) < 4.78 is 11.8. The van der Waals surface area contributed by atoms with Gasteiger partial charge in [0.1, 0.15) is 0 Å². The fraction of sp³-hybridized carbons (Fsp3) is 0.462. The third-order valence-electron chi connectivity index (χ3n) is 2.65. The minimum absolute atomic E-state index is 0.0720. The van der Waals surface area contributed by atoms with Crippen LogP contribution in [0.5, 0.6) is 0 Å². The fourth-order valence-corrected chi connectivity index (χ4v) is 1.75. The number of halogens is 1. The zero-order valence-corrected chi connectivity index (χ0v) is 11.5. The van der Waals surface area contributed by atoms with Crippen LogP contribution in [0.15, 0.2) is 24.3 Å². The fourth-order valence-electron chi connectivity index (χ4n) is 1.49. The van der Waals surface area contributed by atoms with E-state index in [0.717, 1.165) is 11.3 Å². The second-order valence-corrected chi connectivity index (χ2v) is 4.77. The molecule has 0 fully saturated rings. The van der Waals surface area contributed by atoms with Crippen molar-refractivity contribution in [2.75, 3.05) is 17.6 Å². The van der Waals surface area contributed by atoms with Gasteiger partial charge in [-0.15, -0.1) is 0 Å². The van der Waals surface area contributed by atoms with Crippen molar-refractivity contribution in [3.8, 4) is 0 Å². The summed E-state index contributed by atoms with van der Waals surface area (Å²) in [5.74, 6) is 0.385. The number of amides is 1. The van der Waals surface area contributed by atoms with Crippen molar-refractivity contribution in [3.63, 3.8) is 0 Å². The maximum atomic E-state index is 11.9. The van der Waals surface area contributed by atoms with Crippen LogP contribution in [0.1, 0.15) is 18.9 Å². The Morgan fingerprint density at radius 1 is 1.44 bits per heavy atom. The lowest BCUT2D eigenvalue weighted by Crippen LogP contribution is -2.38. The van der Waals surface area contributed by atoms with E-state index in [1.54, 1.807) is 6.92 Å². The zero-order valence-electron chi connectivity index (χ0n) is 10.7. The van der Waals surface area contributed by atoms with E-state index in [0.29, 0.717) is 30.9 Å².